The second-order valence-corrected chi connectivity index (χ2v) is 5.87. The molecule has 0 bridgehead atoms. The molecule has 0 atom stereocenters. The molecule has 4 nitrogen and oxygen atoms in total. The average Bonchev–Trinajstić information content (AvgIpc) is 3.02. The van der Waals surface area contributed by atoms with Crippen molar-refractivity contribution >= 4 is 11.6 Å². The van der Waals surface area contributed by atoms with Crippen LogP contribution in [0.15, 0.2) is 52.9 Å². The standard InChI is InChI=1S/C18H17ClN2O2/c1-12(2)13-7-4-6-10-16(13)22-11-17-20-21-18(23-17)14-8-3-5-9-15(14)19/h3-10,12H,11H2,1-2H3. The third-order valence-electron chi connectivity index (χ3n) is 3.46. The summed E-state index contributed by atoms with van der Waals surface area (Å²) < 4.78 is 11.5. The molecule has 0 aliphatic rings. The summed E-state index contributed by atoms with van der Waals surface area (Å²) in [4.78, 5) is 0. The van der Waals surface area contributed by atoms with Gasteiger partial charge in [-0.2, -0.15) is 0 Å². The molecule has 23 heavy (non-hydrogen) atoms. The highest BCUT2D eigenvalue weighted by Gasteiger charge is 2.13. The molecule has 5 heteroatoms. The highest BCUT2D eigenvalue weighted by Crippen LogP contribution is 2.28. The van der Waals surface area contributed by atoms with Gasteiger partial charge in [0.05, 0.1) is 10.6 Å². The molecule has 0 N–H and O–H groups in total. The fraction of sp³-hybridized carbons (Fsp3) is 0.222. The largest absolute Gasteiger partial charge is 0.484 e. The van der Waals surface area contributed by atoms with Gasteiger partial charge in [-0.25, -0.2) is 0 Å². The molecule has 0 spiro atoms. The minimum absolute atomic E-state index is 0.223. The Morgan fingerprint density at radius 1 is 1.04 bits per heavy atom. The van der Waals surface area contributed by atoms with Gasteiger partial charge in [-0.1, -0.05) is 55.8 Å². The fourth-order valence-corrected chi connectivity index (χ4v) is 2.50. The number of nitrogens with zero attached hydrogens (tertiary/aromatic N) is 2. The second kappa shape index (κ2) is 6.84. The minimum Gasteiger partial charge on any atom is -0.484 e. The van der Waals surface area contributed by atoms with E-state index < -0.39 is 0 Å². The monoisotopic (exact) mass is 328 g/mol. The van der Waals surface area contributed by atoms with E-state index in [9.17, 15) is 0 Å². The third-order valence-corrected chi connectivity index (χ3v) is 3.79. The molecule has 1 heterocycles. The van der Waals surface area contributed by atoms with Crippen LogP contribution in [0.5, 0.6) is 5.75 Å². The van der Waals surface area contributed by atoms with E-state index in [-0.39, 0.29) is 6.61 Å². The van der Waals surface area contributed by atoms with Crippen molar-refractivity contribution in [3.05, 3.63) is 65.0 Å². The first-order valence-corrected chi connectivity index (χ1v) is 7.82. The summed E-state index contributed by atoms with van der Waals surface area (Å²) in [5.41, 5.74) is 1.87. The van der Waals surface area contributed by atoms with Crippen LogP contribution in [-0.2, 0) is 6.61 Å². The van der Waals surface area contributed by atoms with Gasteiger partial charge in [0.25, 0.3) is 5.89 Å². The van der Waals surface area contributed by atoms with Crippen LogP contribution >= 0.6 is 11.6 Å². The number of benzene rings is 2. The topological polar surface area (TPSA) is 48.2 Å². The molecule has 1 aromatic heterocycles. The van der Waals surface area contributed by atoms with Crippen LogP contribution in [0.25, 0.3) is 11.5 Å². The Labute approximate surface area is 140 Å². The van der Waals surface area contributed by atoms with E-state index in [1.54, 1.807) is 6.07 Å². The Morgan fingerprint density at radius 2 is 1.78 bits per heavy atom. The molecule has 3 rings (SSSR count). The van der Waals surface area contributed by atoms with Crippen molar-refractivity contribution in [2.24, 2.45) is 0 Å². The molecule has 0 aliphatic carbocycles. The molecule has 0 amide bonds. The molecule has 2 aromatic carbocycles. The van der Waals surface area contributed by atoms with Crippen molar-refractivity contribution in [1.29, 1.82) is 0 Å². The van der Waals surface area contributed by atoms with E-state index >= 15 is 0 Å². The smallest absolute Gasteiger partial charge is 0.254 e. The van der Waals surface area contributed by atoms with Crippen molar-refractivity contribution < 1.29 is 9.15 Å². The zero-order chi connectivity index (χ0) is 16.2. The summed E-state index contributed by atoms with van der Waals surface area (Å²) in [6.07, 6.45) is 0. The first kappa shape index (κ1) is 15.6. The Morgan fingerprint density at radius 3 is 2.57 bits per heavy atom. The van der Waals surface area contributed by atoms with E-state index in [4.69, 9.17) is 20.8 Å². The van der Waals surface area contributed by atoms with Gasteiger partial charge in [-0.05, 0) is 29.7 Å². The SMILES string of the molecule is CC(C)c1ccccc1OCc1nnc(-c2ccccc2Cl)o1. The molecule has 0 aliphatic heterocycles. The Bertz CT molecular complexity index is 799. The molecular formula is C18H17ClN2O2. The number of hydrogen-bond acceptors (Lipinski definition) is 4. The van der Waals surface area contributed by atoms with Gasteiger partial charge in [0.2, 0.25) is 5.89 Å². The predicted molar refractivity (Wildman–Crippen MR) is 89.6 cm³/mol. The zero-order valence-electron chi connectivity index (χ0n) is 13.0. The van der Waals surface area contributed by atoms with Crippen LogP contribution in [0.1, 0.15) is 31.2 Å². The van der Waals surface area contributed by atoms with Crippen LogP contribution in [0.4, 0.5) is 0 Å². The van der Waals surface area contributed by atoms with Gasteiger partial charge in [0.1, 0.15) is 5.75 Å². The maximum absolute atomic E-state index is 6.14. The van der Waals surface area contributed by atoms with Crippen molar-refractivity contribution in [1.82, 2.24) is 10.2 Å². The minimum atomic E-state index is 0.223. The molecule has 0 radical (unpaired) electrons. The number of aromatic nitrogens is 2. The van der Waals surface area contributed by atoms with Crippen molar-refractivity contribution in [2.75, 3.05) is 0 Å². The lowest BCUT2D eigenvalue weighted by molar-refractivity contribution is 0.261. The quantitative estimate of drug-likeness (QED) is 0.654. The lowest BCUT2D eigenvalue weighted by Gasteiger charge is -2.12. The molecular weight excluding hydrogens is 312 g/mol. The molecule has 118 valence electrons. The van der Waals surface area contributed by atoms with Crippen LogP contribution in [-0.4, -0.2) is 10.2 Å². The molecule has 0 fully saturated rings. The van der Waals surface area contributed by atoms with E-state index in [2.05, 4.69) is 30.1 Å². The number of halogens is 1. The molecule has 3 aromatic rings. The first-order valence-electron chi connectivity index (χ1n) is 7.44. The first-order chi connectivity index (χ1) is 11.1. The Hall–Kier alpha value is -2.33. The molecule has 0 unspecified atom stereocenters. The number of ether oxygens (including phenoxy) is 1. The highest BCUT2D eigenvalue weighted by atomic mass is 35.5. The summed E-state index contributed by atoms with van der Waals surface area (Å²) >= 11 is 6.14. The Balaban J connectivity index is 1.75. The number of para-hydroxylation sites is 1. The Kier molecular flexibility index (Phi) is 4.63. The van der Waals surface area contributed by atoms with E-state index in [1.807, 2.05) is 36.4 Å². The number of hydrogen-bond donors (Lipinski definition) is 0. The van der Waals surface area contributed by atoms with Crippen LogP contribution in [0, 0.1) is 0 Å². The zero-order valence-corrected chi connectivity index (χ0v) is 13.7. The van der Waals surface area contributed by atoms with Gasteiger partial charge in [0, 0.05) is 0 Å². The van der Waals surface area contributed by atoms with Gasteiger partial charge in [0.15, 0.2) is 6.61 Å². The summed E-state index contributed by atoms with van der Waals surface area (Å²) in [6.45, 7) is 4.48. The van der Waals surface area contributed by atoms with Crippen LogP contribution < -0.4 is 4.74 Å². The van der Waals surface area contributed by atoms with E-state index in [0.717, 1.165) is 16.9 Å². The van der Waals surface area contributed by atoms with Crippen molar-refractivity contribution in [3.63, 3.8) is 0 Å². The van der Waals surface area contributed by atoms with Gasteiger partial charge in [-0.3, -0.25) is 0 Å². The lowest BCUT2D eigenvalue weighted by Crippen LogP contribution is -1.99. The van der Waals surface area contributed by atoms with E-state index in [1.165, 1.54) is 0 Å². The summed E-state index contributed by atoms with van der Waals surface area (Å²) in [5, 5.41) is 8.64. The molecule has 0 saturated carbocycles. The lowest BCUT2D eigenvalue weighted by atomic mass is 10.0. The van der Waals surface area contributed by atoms with Crippen LogP contribution in [0.2, 0.25) is 5.02 Å². The van der Waals surface area contributed by atoms with Crippen LogP contribution in [0.3, 0.4) is 0 Å². The van der Waals surface area contributed by atoms with Gasteiger partial charge >= 0.3 is 0 Å². The highest BCUT2D eigenvalue weighted by molar-refractivity contribution is 6.33. The maximum Gasteiger partial charge on any atom is 0.254 e. The second-order valence-electron chi connectivity index (χ2n) is 5.46. The summed E-state index contributed by atoms with van der Waals surface area (Å²) in [6, 6.07) is 15.3. The summed E-state index contributed by atoms with van der Waals surface area (Å²) in [5.74, 6) is 2.03. The predicted octanol–water partition coefficient (Wildman–Crippen LogP) is 5.09. The van der Waals surface area contributed by atoms with Gasteiger partial charge in [-0.15, -0.1) is 10.2 Å². The summed E-state index contributed by atoms with van der Waals surface area (Å²) in [7, 11) is 0. The van der Waals surface area contributed by atoms with Crippen molar-refractivity contribution in [2.45, 2.75) is 26.4 Å². The van der Waals surface area contributed by atoms with E-state index in [0.29, 0.717) is 22.7 Å². The van der Waals surface area contributed by atoms with Gasteiger partial charge < -0.3 is 9.15 Å². The molecule has 0 saturated heterocycles. The van der Waals surface area contributed by atoms with Crippen molar-refractivity contribution in [3.8, 4) is 17.2 Å². The average molecular weight is 329 g/mol. The maximum atomic E-state index is 6.14. The fourth-order valence-electron chi connectivity index (χ4n) is 2.28. The number of rotatable bonds is 5. The third kappa shape index (κ3) is 3.54. The normalized spacial score (nSPS) is 11.0.